The highest BCUT2D eigenvalue weighted by atomic mass is 16.5. The van der Waals surface area contributed by atoms with Crippen LogP contribution in [0.2, 0.25) is 0 Å². The molecule has 3 aromatic rings. The van der Waals surface area contributed by atoms with E-state index in [-0.39, 0.29) is 5.78 Å². The number of Topliss-reactive ketones (excluding diaryl/α,β-unsaturated/α-hetero) is 1. The fraction of sp³-hybridized carbons (Fsp3) is 0.400. The molecule has 1 saturated heterocycles. The molecule has 2 heterocycles. The maximum absolute atomic E-state index is 11.5. The number of hydrogen-bond donors (Lipinski definition) is 0. The highest BCUT2D eigenvalue weighted by molar-refractivity contribution is 5.81. The molecule has 1 aromatic heterocycles. The van der Waals surface area contributed by atoms with Gasteiger partial charge < -0.3 is 14.2 Å². The Hall–Kier alpha value is -3.03. The summed E-state index contributed by atoms with van der Waals surface area (Å²) in [5.41, 5.74) is 5.34. The Labute approximate surface area is 188 Å². The van der Waals surface area contributed by atoms with E-state index < -0.39 is 0 Å². The Bertz CT molecular complexity index is 1110. The van der Waals surface area contributed by atoms with Crippen LogP contribution in [0.3, 0.4) is 0 Å². The van der Waals surface area contributed by atoms with Gasteiger partial charge in [-0.25, -0.2) is 4.98 Å². The van der Waals surface area contributed by atoms with Crippen LogP contribution in [0.15, 0.2) is 36.5 Å². The summed E-state index contributed by atoms with van der Waals surface area (Å²) in [6.45, 7) is 8.42. The number of rotatable bonds is 8. The van der Waals surface area contributed by atoms with Crippen LogP contribution in [0.1, 0.15) is 18.1 Å². The number of morpholine rings is 1. The second-order valence-electron chi connectivity index (χ2n) is 8.07. The Morgan fingerprint density at radius 1 is 1.12 bits per heavy atom. The minimum atomic E-state index is 0.154. The minimum absolute atomic E-state index is 0.154. The second kappa shape index (κ2) is 10.1. The fourth-order valence-electron chi connectivity index (χ4n) is 3.86. The van der Waals surface area contributed by atoms with Gasteiger partial charge in [-0.3, -0.25) is 14.7 Å². The number of nitrogens with zero attached hydrogens (tertiary/aromatic N) is 3. The van der Waals surface area contributed by atoms with E-state index in [4.69, 9.17) is 19.2 Å². The molecular formula is C25H29N3O4. The van der Waals surface area contributed by atoms with E-state index in [9.17, 15) is 4.79 Å². The SMILES string of the molecule is COc1cc2ncc(-c3ccc(CC(C)=O)c(C)c3)nc2cc1OCCN1CCOCC1. The molecule has 0 atom stereocenters. The zero-order valence-electron chi connectivity index (χ0n) is 18.9. The van der Waals surface area contributed by atoms with Crippen LogP contribution in [0, 0.1) is 6.92 Å². The van der Waals surface area contributed by atoms with Crippen LogP contribution in [0.4, 0.5) is 0 Å². The van der Waals surface area contributed by atoms with Crippen molar-refractivity contribution < 1.29 is 19.0 Å². The lowest BCUT2D eigenvalue weighted by molar-refractivity contribution is -0.116. The molecule has 0 spiro atoms. The summed E-state index contributed by atoms with van der Waals surface area (Å²) >= 11 is 0. The van der Waals surface area contributed by atoms with E-state index in [1.165, 1.54) is 0 Å². The molecule has 0 radical (unpaired) electrons. The van der Waals surface area contributed by atoms with E-state index >= 15 is 0 Å². The van der Waals surface area contributed by atoms with Crippen LogP contribution in [0.25, 0.3) is 22.3 Å². The van der Waals surface area contributed by atoms with Gasteiger partial charge in [0.1, 0.15) is 12.4 Å². The van der Waals surface area contributed by atoms with Gasteiger partial charge in [0.2, 0.25) is 0 Å². The van der Waals surface area contributed by atoms with E-state index in [0.29, 0.717) is 24.5 Å². The summed E-state index contributed by atoms with van der Waals surface area (Å²) < 4.78 is 17.0. The molecule has 7 heteroatoms. The largest absolute Gasteiger partial charge is 0.493 e. The topological polar surface area (TPSA) is 73.8 Å². The van der Waals surface area contributed by atoms with Crippen molar-refractivity contribution in [3.05, 3.63) is 47.7 Å². The van der Waals surface area contributed by atoms with Crippen molar-refractivity contribution >= 4 is 16.8 Å². The van der Waals surface area contributed by atoms with Gasteiger partial charge >= 0.3 is 0 Å². The molecule has 32 heavy (non-hydrogen) atoms. The van der Waals surface area contributed by atoms with Crippen LogP contribution in [-0.4, -0.2) is 67.2 Å². The first-order valence-corrected chi connectivity index (χ1v) is 10.9. The van der Waals surface area contributed by atoms with E-state index in [2.05, 4.69) is 16.0 Å². The first kappa shape index (κ1) is 22.2. The molecule has 4 rings (SSSR count). The molecule has 1 aliphatic rings. The smallest absolute Gasteiger partial charge is 0.163 e. The summed E-state index contributed by atoms with van der Waals surface area (Å²) in [5, 5.41) is 0. The van der Waals surface area contributed by atoms with E-state index in [1.807, 2.05) is 31.2 Å². The number of carbonyl (C=O) groups excluding carboxylic acids is 1. The summed E-state index contributed by atoms with van der Waals surface area (Å²) in [4.78, 5) is 23.2. The predicted octanol–water partition coefficient (Wildman–Crippen LogP) is 3.46. The lowest BCUT2D eigenvalue weighted by Gasteiger charge is -2.26. The summed E-state index contributed by atoms with van der Waals surface area (Å²) in [7, 11) is 1.63. The summed E-state index contributed by atoms with van der Waals surface area (Å²) in [6, 6.07) is 9.78. The van der Waals surface area contributed by atoms with Gasteiger partial charge in [-0.15, -0.1) is 0 Å². The molecule has 1 aliphatic heterocycles. The van der Waals surface area contributed by atoms with Crippen LogP contribution >= 0.6 is 0 Å². The van der Waals surface area contributed by atoms with Gasteiger partial charge in [0.05, 0.1) is 43.2 Å². The molecule has 0 N–H and O–H groups in total. The average molecular weight is 436 g/mol. The maximum Gasteiger partial charge on any atom is 0.163 e. The lowest BCUT2D eigenvalue weighted by atomic mass is 10.00. The van der Waals surface area contributed by atoms with Crippen molar-refractivity contribution in [2.45, 2.75) is 20.3 Å². The van der Waals surface area contributed by atoms with Crippen molar-refractivity contribution in [3.63, 3.8) is 0 Å². The molecule has 0 saturated carbocycles. The van der Waals surface area contributed by atoms with Crippen LogP contribution in [-0.2, 0) is 16.0 Å². The van der Waals surface area contributed by atoms with E-state index in [0.717, 1.165) is 66.3 Å². The van der Waals surface area contributed by atoms with Crippen molar-refractivity contribution in [1.82, 2.24) is 14.9 Å². The zero-order valence-corrected chi connectivity index (χ0v) is 18.9. The van der Waals surface area contributed by atoms with Gasteiger partial charge in [0.15, 0.2) is 11.5 Å². The van der Waals surface area contributed by atoms with Gasteiger partial charge in [-0.1, -0.05) is 12.1 Å². The predicted molar refractivity (Wildman–Crippen MR) is 123 cm³/mol. The molecule has 0 aliphatic carbocycles. The Morgan fingerprint density at radius 3 is 2.62 bits per heavy atom. The zero-order chi connectivity index (χ0) is 22.5. The van der Waals surface area contributed by atoms with Gasteiger partial charge in [-0.05, 0) is 31.0 Å². The number of aromatic nitrogens is 2. The second-order valence-corrected chi connectivity index (χ2v) is 8.07. The van der Waals surface area contributed by atoms with Crippen LogP contribution in [0.5, 0.6) is 11.5 Å². The molecule has 0 amide bonds. The average Bonchev–Trinajstić information content (AvgIpc) is 2.80. The maximum atomic E-state index is 11.5. The van der Waals surface area contributed by atoms with Gasteiger partial charge in [0.25, 0.3) is 0 Å². The van der Waals surface area contributed by atoms with Crippen molar-refractivity contribution in [1.29, 1.82) is 0 Å². The third-order valence-corrected chi connectivity index (χ3v) is 5.67. The molecule has 0 bridgehead atoms. The number of carbonyl (C=O) groups is 1. The van der Waals surface area contributed by atoms with Crippen molar-refractivity contribution in [2.75, 3.05) is 46.6 Å². The Kier molecular flexibility index (Phi) is 6.97. The Balaban J connectivity index is 1.56. The third kappa shape index (κ3) is 5.23. The highest BCUT2D eigenvalue weighted by Gasteiger charge is 2.13. The number of fused-ring (bicyclic) bond motifs is 1. The minimum Gasteiger partial charge on any atom is -0.493 e. The summed E-state index contributed by atoms with van der Waals surface area (Å²) in [6.07, 6.45) is 2.21. The highest BCUT2D eigenvalue weighted by Crippen LogP contribution is 2.32. The third-order valence-electron chi connectivity index (χ3n) is 5.67. The number of benzene rings is 2. The number of aryl methyl sites for hydroxylation is 1. The lowest BCUT2D eigenvalue weighted by Crippen LogP contribution is -2.38. The first-order valence-electron chi connectivity index (χ1n) is 10.9. The quantitative estimate of drug-likeness (QED) is 0.536. The first-order chi connectivity index (χ1) is 15.5. The molecular weight excluding hydrogens is 406 g/mol. The fourth-order valence-corrected chi connectivity index (χ4v) is 3.86. The van der Waals surface area contributed by atoms with Gasteiger partial charge in [-0.2, -0.15) is 0 Å². The number of ether oxygens (including phenoxy) is 3. The van der Waals surface area contributed by atoms with E-state index in [1.54, 1.807) is 20.2 Å². The summed E-state index contributed by atoms with van der Waals surface area (Å²) in [5.74, 6) is 1.46. The standard InChI is InChI=1S/C25H29N3O4/c1-17-12-20(5-4-19(17)13-18(2)29)23-16-26-21-14-24(30-3)25(15-22(21)27-23)32-11-8-28-6-9-31-10-7-28/h4-5,12,14-16H,6-11,13H2,1-3H3. The molecule has 168 valence electrons. The normalized spacial score (nSPS) is 14.5. The molecule has 2 aromatic carbocycles. The number of hydrogen-bond acceptors (Lipinski definition) is 7. The number of ketones is 1. The number of methoxy groups -OCH3 is 1. The van der Waals surface area contributed by atoms with Crippen LogP contribution < -0.4 is 9.47 Å². The monoisotopic (exact) mass is 435 g/mol. The van der Waals surface area contributed by atoms with Crippen molar-refractivity contribution in [3.8, 4) is 22.8 Å². The van der Waals surface area contributed by atoms with Crippen molar-refractivity contribution in [2.24, 2.45) is 0 Å². The Morgan fingerprint density at radius 2 is 1.91 bits per heavy atom. The molecule has 0 unspecified atom stereocenters. The van der Waals surface area contributed by atoms with Gasteiger partial charge in [0, 0.05) is 43.8 Å². The molecule has 7 nitrogen and oxygen atoms in total. The molecule has 1 fully saturated rings.